The molecule has 1 unspecified atom stereocenters. The number of carboxylic acids is 1. The molecule has 0 bridgehead atoms. The summed E-state index contributed by atoms with van der Waals surface area (Å²) < 4.78 is 0. The van der Waals surface area contributed by atoms with E-state index < -0.39 is 17.9 Å². The van der Waals surface area contributed by atoms with Crippen molar-refractivity contribution in [3.8, 4) is 0 Å². The van der Waals surface area contributed by atoms with E-state index in [0.29, 0.717) is 0 Å². The summed E-state index contributed by atoms with van der Waals surface area (Å²) in [6.07, 6.45) is -0.310. The van der Waals surface area contributed by atoms with Gasteiger partial charge in [0.05, 0.1) is 6.42 Å². The van der Waals surface area contributed by atoms with E-state index >= 15 is 0 Å². The molecule has 1 amide bonds. The van der Waals surface area contributed by atoms with Gasteiger partial charge in [0, 0.05) is 0 Å². The molecule has 0 aromatic carbocycles. The topological polar surface area (TPSA) is 106 Å². The summed E-state index contributed by atoms with van der Waals surface area (Å²) in [5, 5.41) is 8.10. The Morgan fingerprint density at radius 1 is 1.50 bits per heavy atom. The molecule has 0 saturated carbocycles. The number of nitrogens with two attached hydrogens (primary N) is 2. The Hall–Kier alpha value is 0.536. The number of primary amides is 1. The van der Waals surface area contributed by atoms with Gasteiger partial charge in [0.2, 0.25) is 5.91 Å². The van der Waals surface area contributed by atoms with Gasteiger partial charge < -0.3 is 16.6 Å². The molecule has 0 rings (SSSR count). The molecule has 0 aromatic rings. The van der Waals surface area contributed by atoms with E-state index in [2.05, 4.69) is 5.73 Å². The molecule has 0 aromatic heterocycles. The van der Waals surface area contributed by atoms with Crippen molar-refractivity contribution >= 4 is 11.9 Å². The van der Waals surface area contributed by atoms with Gasteiger partial charge in [-0.3, -0.25) is 9.59 Å². The van der Waals surface area contributed by atoms with E-state index in [0.717, 1.165) is 0 Å². The Morgan fingerprint density at radius 2 is 1.90 bits per heavy atom. The number of amides is 1. The van der Waals surface area contributed by atoms with Crippen LogP contribution in [0, 0.1) is 0 Å². The maximum atomic E-state index is 9.99. The van der Waals surface area contributed by atoms with Crippen LogP contribution in [-0.2, 0) is 9.59 Å². The van der Waals surface area contributed by atoms with Crippen molar-refractivity contribution < 1.29 is 66.1 Å². The first kappa shape index (κ1) is 13.1. The third-order valence-electron chi connectivity index (χ3n) is 0.738. The molecular weight excluding hydrogens is 163 g/mol. The van der Waals surface area contributed by atoms with Crippen LogP contribution in [0.4, 0.5) is 0 Å². The Labute approximate surface area is 101 Å². The molecule has 0 aliphatic rings. The molecule has 0 spiro atoms. The molecule has 0 aliphatic carbocycles. The average Bonchev–Trinajstić information content (AvgIpc) is 1.63. The van der Waals surface area contributed by atoms with E-state index in [-0.39, 0.29) is 57.8 Å². The van der Waals surface area contributed by atoms with E-state index in [1.165, 1.54) is 0 Å². The van der Waals surface area contributed by atoms with Crippen molar-refractivity contribution in [2.75, 3.05) is 0 Å². The molecule has 5 N–H and O–H groups in total. The predicted octanol–water partition coefficient (Wildman–Crippen LogP) is -4.72. The molecule has 0 aliphatic heterocycles. The second-order valence-electron chi connectivity index (χ2n) is 1.62. The Balaban J connectivity index is 0. The van der Waals surface area contributed by atoms with Crippen LogP contribution >= 0.6 is 0 Å². The fourth-order valence-electron chi connectivity index (χ4n) is 0.304. The zero-order chi connectivity index (χ0) is 7.44. The van der Waals surface area contributed by atoms with Gasteiger partial charge in [0.1, 0.15) is 6.04 Å². The van der Waals surface area contributed by atoms with Gasteiger partial charge in [-0.15, -0.1) is 0 Å². The fraction of sp³-hybridized carbons (Fsp3) is 0.500. The van der Waals surface area contributed by atoms with Crippen molar-refractivity contribution in [1.29, 1.82) is 0 Å². The van der Waals surface area contributed by atoms with Gasteiger partial charge in [0.15, 0.2) is 0 Å². The number of aliphatic carboxylic acids is 1. The van der Waals surface area contributed by atoms with E-state index in [1.54, 1.807) is 0 Å². The van der Waals surface area contributed by atoms with Crippen LogP contribution in [0.2, 0.25) is 0 Å². The number of carbonyl (C=O) groups excluding carboxylic acids is 1. The number of carboxylic acid groups (broad SMARTS) is 1. The smallest absolute Gasteiger partial charge is 0.480 e. The second kappa shape index (κ2) is 6.26. The zero-order valence-corrected chi connectivity index (χ0v) is 8.83. The van der Waals surface area contributed by atoms with E-state index in [9.17, 15) is 9.59 Å². The molecule has 0 radical (unpaired) electrons. The van der Waals surface area contributed by atoms with Crippen LogP contribution in [0.1, 0.15) is 6.42 Å². The van der Waals surface area contributed by atoms with E-state index in [1.807, 2.05) is 0 Å². The Bertz CT molecular complexity index is 138. The summed E-state index contributed by atoms with van der Waals surface area (Å²) in [6.45, 7) is 0. The molecule has 52 valence electrons. The molecule has 5 nitrogen and oxygen atoms in total. The maximum Gasteiger partial charge on any atom is 1.00 e. The molecule has 1 atom stereocenters. The quantitative estimate of drug-likeness (QED) is 0.371. The van der Waals surface area contributed by atoms with Gasteiger partial charge in [-0.2, -0.15) is 0 Å². The van der Waals surface area contributed by atoms with Crippen molar-refractivity contribution in [3.63, 3.8) is 0 Å². The van der Waals surface area contributed by atoms with Crippen molar-refractivity contribution in [2.45, 2.75) is 12.5 Å². The van der Waals surface area contributed by atoms with Gasteiger partial charge in [-0.1, -0.05) is 0 Å². The van der Waals surface area contributed by atoms with Gasteiger partial charge in [-0.05, 0) is 0 Å². The van der Waals surface area contributed by atoms with Crippen molar-refractivity contribution in [3.05, 3.63) is 0 Å². The average molecular weight is 171 g/mol. The van der Waals surface area contributed by atoms with Crippen LogP contribution in [-0.4, -0.2) is 23.0 Å². The molecule has 0 fully saturated rings. The van der Waals surface area contributed by atoms with Crippen LogP contribution in [0.15, 0.2) is 0 Å². The molecule has 6 heteroatoms. The third kappa shape index (κ3) is 6.65. The summed E-state index contributed by atoms with van der Waals surface area (Å²) in [7, 11) is 0. The summed E-state index contributed by atoms with van der Waals surface area (Å²) in [5.74, 6) is -1.92. The van der Waals surface area contributed by atoms with Crippen molar-refractivity contribution in [2.24, 2.45) is 11.5 Å². The largest absolute Gasteiger partial charge is 1.00 e. The Morgan fingerprint density at radius 3 is 2.00 bits per heavy atom. The number of carbonyl (C=O) groups is 2. The normalized spacial score (nSPS) is 11.3. The van der Waals surface area contributed by atoms with Gasteiger partial charge in [-0.25, -0.2) is 0 Å². The standard InChI is InChI=1S/C4H8N2O3.K/c5-2(4(8)9)1-3(6)7;/h2H,1,5H2,(H2,6,7)(H,8,9);/q;+1. The summed E-state index contributed by atoms with van der Waals surface area (Å²) in [4.78, 5) is 19.9. The number of hydrogen-bond acceptors (Lipinski definition) is 3. The molecular formula is C4H8KN2O3+. The minimum Gasteiger partial charge on any atom is -0.480 e. The minimum absolute atomic E-state index is 0. The number of hydrogen-bond donors (Lipinski definition) is 3. The third-order valence-corrected chi connectivity index (χ3v) is 0.738. The van der Waals surface area contributed by atoms with Gasteiger partial charge >= 0.3 is 57.4 Å². The first-order valence-corrected chi connectivity index (χ1v) is 2.30. The number of rotatable bonds is 3. The summed E-state index contributed by atoms with van der Waals surface area (Å²) in [5.41, 5.74) is 9.57. The van der Waals surface area contributed by atoms with Gasteiger partial charge in [0.25, 0.3) is 0 Å². The minimum atomic E-state index is -1.21. The second-order valence-corrected chi connectivity index (χ2v) is 1.62. The molecule has 10 heavy (non-hydrogen) atoms. The van der Waals surface area contributed by atoms with Crippen LogP contribution in [0.5, 0.6) is 0 Å². The SMILES string of the molecule is NC(=O)CC(N)C(=O)O.[K+]. The maximum absolute atomic E-state index is 9.99. The summed E-state index contributed by atoms with van der Waals surface area (Å²) >= 11 is 0. The first-order chi connectivity index (χ1) is 4.04. The van der Waals surface area contributed by atoms with Crippen LogP contribution in [0.3, 0.4) is 0 Å². The predicted molar refractivity (Wildman–Crippen MR) is 29.4 cm³/mol. The van der Waals surface area contributed by atoms with Crippen LogP contribution < -0.4 is 62.9 Å². The fourth-order valence-corrected chi connectivity index (χ4v) is 0.304. The first-order valence-electron chi connectivity index (χ1n) is 2.30. The Kier molecular flexibility index (Phi) is 8.23. The monoisotopic (exact) mass is 171 g/mol. The van der Waals surface area contributed by atoms with Crippen LogP contribution in [0.25, 0.3) is 0 Å². The van der Waals surface area contributed by atoms with E-state index in [4.69, 9.17) is 10.8 Å². The summed E-state index contributed by atoms with van der Waals surface area (Å²) in [6, 6.07) is -1.16. The molecule has 0 saturated heterocycles. The van der Waals surface area contributed by atoms with Crippen molar-refractivity contribution in [1.82, 2.24) is 0 Å². The molecule has 0 heterocycles. The zero-order valence-electron chi connectivity index (χ0n) is 5.70.